The van der Waals surface area contributed by atoms with Crippen molar-refractivity contribution in [1.82, 2.24) is 0 Å². The van der Waals surface area contributed by atoms with Crippen molar-refractivity contribution in [2.24, 2.45) is 0 Å². The van der Waals surface area contributed by atoms with Crippen LogP contribution in [-0.2, 0) is 9.53 Å². The highest BCUT2D eigenvalue weighted by molar-refractivity contribution is 6.36. The van der Waals surface area contributed by atoms with Gasteiger partial charge in [-0.2, -0.15) is 0 Å². The summed E-state index contributed by atoms with van der Waals surface area (Å²) in [4.78, 5) is 11.8. The first kappa shape index (κ1) is 20.0. The Labute approximate surface area is 165 Å². The molecule has 4 nitrogen and oxygen atoms in total. The van der Waals surface area contributed by atoms with Crippen LogP contribution in [0.3, 0.4) is 0 Å². The molecule has 0 radical (unpaired) electrons. The molecule has 0 bridgehead atoms. The van der Waals surface area contributed by atoms with Gasteiger partial charge in [0.25, 0.3) is 0 Å². The second-order valence-electron chi connectivity index (χ2n) is 5.05. The van der Waals surface area contributed by atoms with Gasteiger partial charge in [0, 0.05) is 10.0 Å². The second kappa shape index (κ2) is 9.39. The molecule has 0 heterocycles. The molecule has 0 saturated carbocycles. The van der Waals surface area contributed by atoms with Gasteiger partial charge in [-0.05, 0) is 43.3 Å². The van der Waals surface area contributed by atoms with Crippen molar-refractivity contribution in [3.63, 3.8) is 0 Å². The van der Waals surface area contributed by atoms with Crippen LogP contribution in [-0.4, -0.2) is 25.3 Å². The summed E-state index contributed by atoms with van der Waals surface area (Å²) in [5.41, 5.74) is 0. The van der Waals surface area contributed by atoms with Crippen LogP contribution in [0.5, 0.6) is 11.5 Å². The van der Waals surface area contributed by atoms with E-state index in [1.54, 1.807) is 37.3 Å². The molecule has 0 aromatic heterocycles. The third-order valence-corrected chi connectivity index (χ3v) is 4.00. The minimum atomic E-state index is -0.552. The Bertz CT molecular complexity index is 751. The number of carbonyl (C=O) groups excluding carboxylic acids is 1. The fourth-order valence-electron chi connectivity index (χ4n) is 1.82. The van der Waals surface area contributed by atoms with Crippen LogP contribution in [0.4, 0.5) is 0 Å². The predicted molar refractivity (Wildman–Crippen MR) is 99.5 cm³/mol. The minimum Gasteiger partial charge on any atom is -0.488 e. The lowest BCUT2D eigenvalue weighted by Gasteiger charge is -2.15. The van der Waals surface area contributed by atoms with E-state index in [-0.39, 0.29) is 13.2 Å². The molecule has 0 aliphatic rings. The lowest BCUT2D eigenvalue weighted by atomic mass is 10.3. The van der Waals surface area contributed by atoms with E-state index >= 15 is 0 Å². The summed E-state index contributed by atoms with van der Waals surface area (Å²) in [6.45, 7) is 1.54. The number of ether oxygens (including phenoxy) is 3. The van der Waals surface area contributed by atoms with Gasteiger partial charge >= 0.3 is 5.97 Å². The fraction of sp³-hybridized carbons (Fsp3) is 0.235. The van der Waals surface area contributed by atoms with Crippen molar-refractivity contribution in [3.05, 3.63) is 56.5 Å². The molecule has 1 atom stereocenters. The van der Waals surface area contributed by atoms with Crippen LogP contribution in [0.25, 0.3) is 0 Å². The number of benzene rings is 2. The van der Waals surface area contributed by atoms with Crippen molar-refractivity contribution in [1.29, 1.82) is 0 Å². The first-order chi connectivity index (χ1) is 11.8. The van der Waals surface area contributed by atoms with Crippen molar-refractivity contribution in [2.75, 3.05) is 13.2 Å². The highest BCUT2D eigenvalue weighted by Crippen LogP contribution is 2.28. The molecule has 2 rings (SSSR count). The normalized spacial score (nSPS) is 11.7. The third-order valence-electron chi connectivity index (χ3n) is 2.94. The second-order valence-corrected chi connectivity index (χ2v) is 6.74. The molecule has 8 heteroatoms. The van der Waals surface area contributed by atoms with Crippen LogP contribution >= 0.6 is 46.4 Å². The Morgan fingerprint density at radius 1 is 0.920 bits per heavy atom. The summed E-state index contributed by atoms with van der Waals surface area (Å²) in [6.07, 6.45) is -0.497. The Balaban J connectivity index is 1.77. The average molecular weight is 424 g/mol. The maximum absolute atomic E-state index is 11.8. The van der Waals surface area contributed by atoms with E-state index in [1.165, 1.54) is 6.07 Å². The standard InChI is InChI=1S/C17H14Cl4O4/c1-10(8-23-15-4-2-11(18)6-13(15)20)25-17(22)9-24-16-5-3-12(19)7-14(16)21/h2-7,10H,8-9H2,1H3. The van der Waals surface area contributed by atoms with Crippen molar-refractivity contribution < 1.29 is 19.0 Å². The van der Waals surface area contributed by atoms with Gasteiger partial charge in [-0.3, -0.25) is 0 Å². The SMILES string of the molecule is CC(COc1ccc(Cl)cc1Cl)OC(=O)COc1ccc(Cl)cc1Cl. The number of hydrogen-bond acceptors (Lipinski definition) is 4. The Morgan fingerprint density at radius 3 is 1.96 bits per heavy atom. The van der Waals surface area contributed by atoms with Crippen LogP contribution in [0.2, 0.25) is 20.1 Å². The first-order valence-electron chi connectivity index (χ1n) is 7.20. The predicted octanol–water partition coefficient (Wildman–Crippen LogP) is 5.69. The molecule has 2 aromatic rings. The molecule has 25 heavy (non-hydrogen) atoms. The number of carbonyl (C=O) groups is 1. The zero-order valence-electron chi connectivity index (χ0n) is 13.1. The van der Waals surface area contributed by atoms with Gasteiger partial charge in [0.1, 0.15) is 24.2 Å². The third kappa shape index (κ3) is 6.48. The van der Waals surface area contributed by atoms with Gasteiger partial charge in [0.2, 0.25) is 0 Å². The van der Waals surface area contributed by atoms with Crippen molar-refractivity contribution in [2.45, 2.75) is 13.0 Å². The van der Waals surface area contributed by atoms with Crippen LogP contribution in [0.15, 0.2) is 36.4 Å². The lowest BCUT2D eigenvalue weighted by Crippen LogP contribution is -2.25. The highest BCUT2D eigenvalue weighted by Gasteiger charge is 2.13. The number of halogens is 4. The van der Waals surface area contributed by atoms with Crippen LogP contribution < -0.4 is 9.47 Å². The number of esters is 1. The monoisotopic (exact) mass is 422 g/mol. The Morgan fingerprint density at radius 2 is 1.44 bits per heavy atom. The number of rotatable bonds is 7. The van der Waals surface area contributed by atoms with Crippen LogP contribution in [0, 0.1) is 0 Å². The summed E-state index contributed by atoms with van der Waals surface area (Å²) >= 11 is 23.6. The van der Waals surface area contributed by atoms with E-state index in [9.17, 15) is 4.79 Å². The summed E-state index contributed by atoms with van der Waals surface area (Å²) < 4.78 is 16.0. The molecule has 134 valence electrons. The van der Waals surface area contributed by atoms with E-state index in [1.807, 2.05) is 0 Å². The fourth-order valence-corrected chi connectivity index (χ4v) is 2.75. The van der Waals surface area contributed by atoms with Crippen LogP contribution in [0.1, 0.15) is 6.92 Å². The zero-order valence-corrected chi connectivity index (χ0v) is 16.1. The van der Waals surface area contributed by atoms with Crippen molar-refractivity contribution >= 4 is 52.4 Å². The topological polar surface area (TPSA) is 44.8 Å². The number of hydrogen-bond donors (Lipinski definition) is 0. The lowest BCUT2D eigenvalue weighted by molar-refractivity contribution is -0.151. The molecule has 0 aliphatic heterocycles. The van der Waals surface area contributed by atoms with Gasteiger partial charge < -0.3 is 14.2 Å². The molecule has 0 N–H and O–H groups in total. The summed E-state index contributed by atoms with van der Waals surface area (Å²) in [7, 11) is 0. The molecular formula is C17H14Cl4O4. The largest absolute Gasteiger partial charge is 0.488 e. The molecule has 2 aromatic carbocycles. The van der Waals surface area contributed by atoms with Gasteiger partial charge in [0.15, 0.2) is 6.61 Å². The maximum atomic E-state index is 11.8. The quantitative estimate of drug-likeness (QED) is 0.536. The maximum Gasteiger partial charge on any atom is 0.344 e. The summed E-state index contributed by atoms with van der Waals surface area (Å²) in [5, 5.41) is 1.68. The molecule has 0 spiro atoms. The van der Waals surface area contributed by atoms with E-state index in [0.717, 1.165) is 0 Å². The molecule has 0 saturated heterocycles. The summed E-state index contributed by atoms with van der Waals surface area (Å²) in [5.74, 6) is 0.252. The zero-order chi connectivity index (χ0) is 18.4. The molecular weight excluding hydrogens is 410 g/mol. The highest BCUT2D eigenvalue weighted by atomic mass is 35.5. The summed E-state index contributed by atoms with van der Waals surface area (Å²) in [6, 6.07) is 9.58. The van der Waals surface area contributed by atoms with Gasteiger partial charge in [0.05, 0.1) is 10.0 Å². The van der Waals surface area contributed by atoms with Gasteiger partial charge in [-0.25, -0.2) is 4.79 Å². The first-order valence-corrected chi connectivity index (χ1v) is 8.71. The molecule has 0 aliphatic carbocycles. The van der Waals surface area contributed by atoms with E-state index < -0.39 is 12.1 Å². The van der Waals surface area contributed by atoms with Gasteiger partial charge in [-0.15, -0.1) is 0 Å². The average Bonchev–Trinajstić information content (AvgIpc) is 2.53. The Hall–Kier alpha value is -1.33. The van der Waals surface area contributed by atoms with Gasteiger partial charge in [-0.1, -0.05) is 46.4 Å². The Kier molecular flexibility index (Phi) is 7.51. The van der Waals surface area contributed by atoms with E-state index in [2.05, 4.69) is 0 Å². The molecule has 0 fully saturated rings. The smallest absolute Gasteiger partial charge is 0.344 e. The minimum absolute atomic E-state index is 0.134. The van der Waals surface area contributed by atoms with E-state index in [4.69, 9.17) is 60.6 Å². The molecule has 0 amide bonds. The van der Waals surface area contributed by atoms with Crippen molar-refractivity contribution in [3.8, 4) is 11.5 Å². The molecule has 1 unspecified atom stereocenters. The van der Waals surface area contributed by atoms with E-state index in [0.29, 0.717) is 31.6 Å².